The van der Waals surface area contributed by atoms with Gasteiger partial charge >= 0.3 is 0 Å². The highest BCUT2D eigenvalue weighted by atomic mass is 127. The topological polar surface area (TPSA) is 91.1 Å². The first kappa shape index (κ1) is 21.7. The van der Waals surface area contributed by atoms with Crippen LogP contribution in [-0.2, 0) is 6.42 Å². The molecule has 8 heteroatoms. The maximum Gasteiger partial charge on any atom is 0.216 e. The molecule has 2 heterocycles. The van der Waals surface area contributed by atoms with Gasteiger partial charge in [0.2, 0.25) is 5.82 Å². The lowest BCUT2D eigenvalue weighted by Crippen LogP contribution is -2.45. The second-order valence-corrected chi connectivity index (χ2v) is 7.33. The molecule has 3 N–H and O–H groups in total. The van der Waals surface area contributed by atoms with E-state index in [9.17, 15) is 0 Å². The first-order valence-corrected chi connectivity index (χ1v) is 9.58. The Hall–Kier alpha value is -1.58. The van der Waals surface area contributed by atoms with Crippen molar-refractivity contribution in [3.63, 3.8) is 0 Å². The molecule has 1 fully saturated rings. The molecule has 0 bridgehead atoms. The van der Waals surface area contributed by atoms with Crippen LogP contribution in [0.2, 0.25) is 0 Å². The molecule has 0 radical (unpaired) electrons. The maximum absolute atomic E-state index is 5.31. The highest BCUT2D eigenvalue weighted by molar-refractivity contribution is 14.0. The lowest BCUT2D eigenvalue weighted by atomic mass is 9.80. The van der Waals surface area contributed by atoms with E-state index in [4.69, 9.17) is 4.42 Å². The molecule has 0 aromatic carbocycles. The molecule has 0 unspecified atom stereocenters. The van der Waals surface area contributed by atoms with Crippen molar-refractivity contribution >= 4 is 29.9 Å². The average molecular weight is 486 g/mol. The number of hydrogen-bond donors (Lipinski definition) is 3. The van der Waals surface area contributed by atoms with Gasteiger partial charge in [-0.25, -0.2) is 4.98 Å². The van der Waals surface area contributed by atoms with E-state index in [1.54, 1.807) is 6.26 Å². The van der Waals surface area contributed by atoms with Crippen LogP contribution < -0.4 is 10.6 Å². The van der Waals surface area contributed by atoms with Crippen LogP contribution in [-0.4, -0.2) is 40.8 Å². The summed E-state index contributed by atoms with van der Waals surface area (Å²) in [5.41, 5.74) is 0. The second kappa shape index (κ2) is 10.7. The van der Waals surface area contributed by atoms with Crippen LogP contribution >= 0.6 is 24.0 Å². The average Bonchev–Trinajstić information content (AvgIpc) is 3.33. The SMILES string of the molecule is CN=C(NCCc1nc(-c2ccco2)n[nH]1)NC1CCC(C(C)C)CC1.I. The quantitative estimate of drug-likeness (QED) is 0.330. The van der Waals surface area contributed by atoms with Crippen molar-refractivity contribution in [2.45, 2.75) is 52.0 Å². The van der Waals surface area contributed by atoms with Crippen molar-refractivity contribution in [3.05, 3.63) is 24.2 Å². The minimum absolute atomic E-state index is 0. The predicted octanol–water partition coefficient (Wildman–Crippen LogP) is 3.61. The number of aliphatic imine (C=N–C) groups is 1. The fourth-order valence-electron chi connectivity index (χ4n) is 3.54. The lowest BCUT2D eigenvalue weighted by molar-refractivity contribution is 0.250. The highest BCUT2D eigenvalue weighted by Crippen LogP contribution is 2.29. The van der Waals surface area contributed by atoms with Gasteiger partial charge in [0.15, 0.2) is 11.7 Å². The zero-order chi connectivity index (χ0) is 18.4. The third-order valence-corrected chi connectivity index (χ3v) is 5.21. The maximum atomic E-state index is 5.31. The molecule has 0 aliphatic heterocycles. The fourth-order valence-corrected chi connectivity index (χ4v) is 3.54. The number of guanidine groups is 1. The number of halogens is 1. The molecule has 7 nitrogen and oxygen atoms in total. The van der Waals surface area contributed by atoms with E-state index >= 15 is 0 Å². The molecular formula is C19H31IN6O. The zero-order valence-electron chi connectivity index (χ0n) is 16.4. The van der Waals surface area contributed by atoms with Crippen LogP contribution in [0.25, 0.3) is 11.6 Å². The normalized spacial score (nSPS) is 20.4. The molecule has 0 spiro atoms. The minimum atomic E-state index is 0. The van der Waals surface area contributed by atoms with Gasteiger partial charge < -0.3 is 15.1 Å². The number of aromatic nitrogens is 3. The summed E-state index contributed by atoms with van der Waals surface area (Å²) in [6.07, 6.45) is 7.42. The highest BCUT2D eigenvalue weighted by Gasteiger charge is 2.23. The van der Waals surface area contributed by atoms with Crippen molar-refractivity contribution in [2.24, 2.45) is 16.8 Å². The van der Waals surface area contributed by atoms with Gasteiger partial charge in [-0.2, -0.15) is 5.10 Å². The van der Waals surface area contributed by atoms with E-state index in [-0.39, 0.29) is 24.0 Å². The summed E-state index contributed by atoms with van der Waals surface area (Å²) in [6.45, 7) is 5.41. The molecule has 1 aliphatic carbocycles. The monoisotopic (exact) mass is 486 g/mol. The van der Waals surface area contributed by atoms with Gasteiger partial charge in [-0.15, -0.1) is 24.0 Å². The number of aromatic amines is 1. The summed E-state index contributed by atoms with van der Waals surface area (Å²) >= 11 is 0. The van der Waals surface area contributed by atoms with Gasteiger partial charge in [0, 0.05) is 26.1 Å². The van der Waals surface area contributed by atoms with E-state index in [0.717, 1.165) is 36.6 Å². The summed E-state index contributed by atoms with van der Waals surface area (Å²) in [4.78, 5) is 8.80. The number of hydrogen-bond acceptors (Lipinski definition) is 4. The van der Waals surface area contributed by atoms with E-state index in [2.05, 4.69) is 44.7 Å². The number of rotatable bonds is 6. The third kappa shape index (κ3) is 6.22. The van der Waals surface area contributed by atoms with E-state index in [1.165, 1.54) is 25.7 Å². The predicted molar refractivity (Wildman–Crippen MR) is 118 cm³/mol. The van der Waals surface area contributed by atoms with E-state index in [0.29, 0.717) is 17.6 Å². The Morgan fingerprint density at radius 3 is 2.74 bits per heavy atom. The Morgan fingerprint density at radius 2 is 2.11 bits per heavy atom. The van der Waals surface area contributed by atoms with Gasteiger partial charge in [-0.05, 0) is 49.7 Å². The second-order valence-electron chi connectivity index (χ2n) is 7.33. The molecule has 0 amide bonds. The molecule has 3 rings (SSSR count). The van der Waals surface area contributed by atoms with Crippen molar-refractivity contribution in [1.29, 1.82) is 0 Å². The largest absolute Gasteiger partial charge is 0.461 e. The standard InChI is InChI=1S/C19H30N6O.HI/c1-13(2)14-6-8-15(9-7-14)22-19(20-3)21-11-10-17-23-18(25-24-17)16-5-4-12-26-16;/h4-5,12-15H,6-11H2,1-3H3,(H2,20,21,22)(H,23,24,25);1H. The summed E-state index contributed by atoms with van der Waals surface area (Å²) < 4.78 is 5.31. The summed E-state index contributed by atoms with van der Waals surface area (Å²) in [5, 5.41) is 14.1. The number of H-pyrrole nitrogens is 1. The molecule has 0 atom stereocenters. The van der Waals surface area contributed by atoms with Crippen LogP contribution in [0.1, 0.15) is 45.4 Å². The Balaban J connectivity index is 0.00000261. The molecule has 1 saturated carbocycles. The summed E-state index contributed by atoms with van der Waals surface area (Å²) in [6, 6.07) is 4.20. The number of furan rings is 1. The molecule has 2 aromatic rings. The van der Waals surface area contributed by atoms with Crippen LogP contribution in [0.4, 0.5) is 0 Å². The minimum Gasteiger partial charge on any atom is -0.461 e. The van der Waals surface area contributed by atoms with Crippen molar-refractivity contribution in [3.8, 4) is 11.6 Å². The van der Waals surface area contributed by atoms with Crippen molar-refractivity contribution < 1.29 is 4.42 Å². The Labute approximate surface area is 178 Å². The van der Waals surface area contributed by atoms with Crippen molar-refractivity contribution in [1.82, 2.24) is 25.8 Å². The van der Waals surface area contributed by atoms with Gasteiger partial charge in [-0.3, -0.25) is 10.1 Å². The van der Waals surface area contributed by atoms with Crippen LogP contribution in [0.3, 0.4) is 0 Å². The summed E-state index contributed by atoms with van der Waals surface area (Å²) in [5.74, 6) is 4.63. The first-order valence-electron chi connectivity index (χ1n) is 9.58. The third-order valence-electron chi connectivity index (χ3n) is 5.21. The molecule has 2 aromatic heterocycles. The first-order chi connectivity index (χ1) is 12.7. The number of nitrogens with one attached hydrogen (secondary N) is 3. The van der Waals surface area contributed by atoms with Crippen LogP contribution in [0.5, 0.6) is 0 Å². The number of nitrogens with zero attached hydrogens (tertiary/aromatic N) is 3. The molecule has 150 valence electrons. The van der Waals surface area contributed by atoms with Crippen LogP contribution in [0.15, 0.2) is 27.8 Å². The van der Waals surface area contributed by atoms with Gasteiger partial charge in [0.1, 0.15) is 5.82 Å². The molecule has 27 heavy (non-hydrogen) atoms. The lowest BCUT2D eigenvalue weighted by Gasteiger charge is -2.32. The van der Waals surface area contributed by atoms with Crippen LogP contribution in [0, 0.1) is 11.8 Å². The Kier molecular flexibility index (Phi) is 8.59. The summed E-state index contributed by atoms with van der Waals surface area (Å²) in [7, 11) is 1.82. The fraction of sp³-hybridized carbons (Fsp3) is 0.632. The van der Waals surface area contributed by atoms with Gasteiger partial charge in [0.25, 0.3) is 0 Å². The zero-order valence-corrected chi connectivity index (χ0v) is 18.7. The smallest absolute Gasteiger partial charge is 0.216 e. The Morgan fingerprint density at radius 1 is 1.33 bits per heavy atom. The van der Waals surface area contributed by atoms with Gasteiger partial charge in [-0.1, -0.05) is 13.8 Å². The molecule has 0 saturated heterocycles. The van der Waals surface area contributed by atoms with Gasteiger partial charge in [0.05, 0.1) is 6.26 Å². The molecular weight excluding hydrogens is 455 g/mol. The van der Waals surface area contributed by atoms with Crippen molar-refractivity contribution in [2.75, 3.05) is 13.6 Å². The molecule has 1 aliphatic rings. The van der Waals surface area contributed by atoms with E-state index in [1.807, 2.05) is 19.2 Å². The van der Waals surface area contributed by atoms with E-state index < -0.39 is 0 Å². The Bertz CT molecular complexity index is 689.